The average molecular weight is 446 g/mol. The Bertz CT molecular complexity index is 728. The molecule has 1 atom stereocenters. The highest BCUT2D eigenvalue weighted by Gasteiger charge is 2.28. The van der Waals surface area contributed by atoms with Crippen LogP contribution in [0.4, 0.5) is 5.82 Å². The van der Waals surface area contributed by atoms with Gasteiger partial charge in [0.2, 0.25) is 6.41 Å². The molecule has 1 amide bonds. The molecule has 1 aliphatic heterocycles. The molecule has 1 aromatic rings. The van der Waals surface area contributed by atoms with Gasteiger partial charge in [-0.3, -0.25) is 9.69 Å². The molecule has 0 radical (unpaired) electrons. The summed E-state index contributed by atoms with van der Waals surface area (Å²) in [5, 5.41) is 2.95. The van der Waals surface area contributed by atoms with Gasteiger partial charge in [0.05, 0.1) is 6.61 Å². The highest BCUT2D eigenvalue weighted by Crippen LogP contribution is 2.28. The van der Waals surface area contributed by atoms with E-state index in [1.807, 2.05) is 0 Å². The van der Waals surface area contributed by atoms with Gasteiger partial charge in [-0.2, -0.15) is 0 Å². The van der Waals surface area contributed by atoms with Gasteiger partial charge in [-0.05, 0) is 51.5 Å². The molecule has 1 saturated heterocycles. The number of hydrogen-bond acceptors (Lipinski definition) is 6. The number of ether oxygens (including phenoxy) is 1. The van der Waals surface area contributed by atoms with Gasteiger partial charge in [0.15, 0.2) is 0 Å². The van der Waals surface area contributed by atoms with Gasteiger partial charge in [-0.15, -0.1) is 0 Å². The Labute approximate surface area is 194 Å². The van der Waals surface area contributed by atoms with E-state index in [4.69, 9.17) is 14.7 Å². The van der Waals surface area contributed by atoms with Crippen LogP contribution in [-0.4, -0.2) is 73.3 Å². The number of piperazine rings is 1. The molecule has 1 saturated carbocycles. The normalized spacial score (nSPS) is 25.0. The van der Waals surface area contributed by atoms with Crippen molar-refractivity contribution in [3.05, 3.63) is 17.6 Å². The summed E-state index contributed by atoms with van der Waals surface area (Å²) in [7, 11) is 1.74. The summed E-state index contributed by atoms with van der Waals surface area (Å²) in [6.07, 6.45) is 7.67. The quantitative estimate of drug-likeness (QED) is 0.589. The summed E-state index contributed by atoms with van der Waals surface area (Å²) < 4.78 is 5.29. The monoisotopic (exact) mass is 445 g/mol. The number of nitrogens with one attached hydrogen (secondary N) is 1. The second-order valence-corrected chi connectivity index (χ2v) is 10.7. The second kappa shape index (κ2) is 11.4. The number of rotatable bonds is 9. The molecule has 0 bridgehead atoms. The zero-order chi connectivity index (χ0) is 23.1. The first-order chi connectivity index (χ1) is 15.3. The van der Waals surface area contributed by atoms with E-state index in [1.165, 1.54) is 25.8 Å². The molecule has 7 nitrogen and oxygen atoms in total. The van der Waals surface area contributed by atoms with Crippen molar-refractivity contribution in [2.45, 2.75) is 83.7 Å². The van der Waals surface area contributed by atoms with Crippen LogP contribution in [0.25, 0.3) is 0 Å². The fourth-order valence-electron chi connectivity index (χ4n) is 4.96. The van der Waals surface area contributed by atoms with Gasteiger partial charge in [0.1, 0.15) is 11.6 Å². The smallest absolute Gasteiger partial charge is 0.207 e. The molecule has 180 valence electrons. The SMILES string of the molecule is COCCc1cc(N2CCN(CCC3CCC(NC=O)CC3)C[C@@H]2C)nc(C(C)(C)C)n1. The lowest BCUT2D eigenvalue weighted by atomic mass is 9.84. The zero-order valence-corrected chi connectivity index (χ0v) is 20.8. The van der Waals surface area contributed by atoms with E-state index in [-0.39, 0.29) is 5.41 Å². The molecule has 3 rings (SSSR count). The minimum absolute atomic E-state index is 0.0802. The largest absolute Gasteiger partial charge is 0.384 e. The molecule has 0 aromatic carbocycles. The predicted octanol–water partition coefficient (Wildman–Crippen LogP) is 3.17. The lowest BCUT2D eigenvalue weighted by Crippen LogP contribution is -2.52. The van der Waals surface area contributed by atoms with Gasteiger partial charge in [-0.25, -0.2) is 9.97 Å². The van der Waals surface area contributed by atoms with Crippen molar-refractivity contribution < 1.29 is 9.53 Å². The van der Waals surface area contributed by atoms with Crippen LogP contribution in [0.3, 0.4) is 0 Å². The van der Waals surface area contributed by atoms with Crippen molar-refractivity contribution in [1.82, 2.24) is 20.2 Å². The van der Waals surface area contributed by atoms with Gasteiger partial charge in [-0.1, -0.05) is 20.8 Å². The third-order valence-electron chi connectivity index (χ3n) is 7.01. The minimum atomic E-state index is -0.0802. The Kier molecular flexibility index (Phi) is 8.88. The first-order valence-electron chi connectivity index (χ1n) is 12.4. The molecule has 2 aliphatic rings. The third kappa shape index (κ3) is 6.88. The summed E-state index contributed by atoms with van der Waals surface area (Å²) >= 11 is 0. The highest BCUT2D eigenvalue weighted by molar-refractivity contribution is 5.46. The first kappa shape index (κ1) is 24.9. The lowest BCUT2D eigenvalue weighted by Gasteiger charge is -2.41. The molecule has 2 fully saturated rings. The van der Waals surface area contributed by atoms with Crippen LogP contribution < -0.4 is 10.2 Å². The van der Waals surface area contributed by atoms with E-state index in [1.54, 1.807) is 7.11 Å². The van der Waals surface area contributed by atoms with Crippen LogP contribution in [0.1, 0.15) is 71.3 Å². The number of nitrogens with zero attached hydrogens (tertiary/aromatic N) is 4. The minimum Gasteiger partial charge on any atom is -0.384 e. The maximum Gasteiger partial charge on any atom is 0.207 e. The molecule has 0 spiro atoms. The number of hydrogen-bond donors (Lipinski definition) is 1. The summed E-state index contributed by atoms with van der Waals surface area (Å²) in [6.45, 7) is 13.8. The predicted molar refractivity (Wildman–Crippen MR) is 129 cm³/mol. The van der Waals surface area contributed by atoms with Crippen molar-refractivity contribution in [1.29, 1.82) is 0 Å². The van der Waals surface area contributed by atoms with E-state index in [2.05, 4.69) is 48.9 Å². The maximum atomic E-state index is 10.6. The summed E-state index contributed by atoms with van der Waals surface area (Å²) in [6, 6.07) is 2.98. The fourth-order valence-corrected chi connectivity index (χ4v) is 4.96. The molecule has 0 unspecified atom stereocenters. The molecule has 7 heteroatoms. The van der Waals surface area contributed by atoms with Crippen LogP contribution in [0.5, 0.6) is 0 Å². The van der Waals surface area contributed by atoms with Crippen molar-refractivity contribution in [2.24, 2.45) is 5.92 Å². The Morgan fingerprint density at radius 2 is 1.94 bits per heavy atom. The number of amides is 1. The summed E-state index contributed by atoms with van der Waals surface area (Å²) in [5.74, 6) is 2.77. The molecular formula is C25H43N5O2. The van der Waals surface area contributed by atoms with Gasteiger partial charge in [0.25, 0.3) is 0 Å². The Balaban J connectivity index is 1.56. The Morgan fingerprint density at radius 1 is 1.19 bits per heavy atom. The molecule has 32 heavy (non-hydrogen) atoms. The van der Waals surface area contributed by atoms with Crippen LogP contribution in [0.2, 0.25) is 0 Å². The van der Waals surface area contributed by atoms with E-state index >= 15 is 0 Å². The first-order valence-corrected chi connectivity index (χ1v) is 12.4. The van der Waals surface area contributed by atoms with Gasteiger partial charge >= 0.3 is 0 Å². The molecular weight excluding hydrogens is 402 g/mol. The Hall–Kier alpha value is -1.73. The van der Waals surface area contributed by atoms with Crippen molar-refractivity contribution in [2.75, 3.05) is 44.8 Å². The van der Waals surface area contributed by atoms with Crippen LogP contribution in [0, 0.1) is 5.92 Å². The molecule has 1 aromatic heterocycles. The lowest BCUT2D eigenvalue weighted by molar-refractivity contribution is -0.110. The number of anilines is 1. The maximum absolute atomic E-state index is 10.6. The topological polar surface area (TPSA) is 70.6 Å². The Morgan fingerprint density at radius 3 is 2.56 bits per heavy atom. The standard InChI is InChI=1S/C25H43N5O2/c1-19-17-29(12-10-20-6-8-21(9-7-20)26-18-31)13-14-30(19)23-16-22(11-15-32-5)27-24(28-23)25(2,3)4/h16,18-21H,6-15,17H2,1-5H3,(H,26,31)/t19-,20?,21?/m0/s1. The molecule has 2 heterocycles. The van der Waals surface area contributed by atoms with Gasteiger partial charge in [0, 0.05) is 62.4 Å². The van der Waals surface area contributed by atoms with Crippen LogP contribution >= 0.6 is 0 Å². The summed E-state index contributed by atoms with van der Waals surface area (Å²) in [5.41, 5.74) is 0.986. The number of methoxy groups -OCH3 is 1. The van der Waals surface area contributed by atoms with Crippen LogP contribution in [0.15, 0.2) is 6.07 Å². The third-order valence-corrected chi connectivity index (χ3v) is 7.01. The van der Waals surface area contributed by atoms with E-state index in [9.17, 15) is 4.79 Å². The fraction of sp³-hybridized carbons (Fsp3) is 0.800. The van der Waals surface area contributed by atoms with E-state index < -0.39 is 0 Å². The second-order valence-electron chi connectivity index (χ2n) is 10.7. The number of aromatic nitrogens is 2. The van der Waals surface area contributed by atoms with Crippen LogP contribution in [-0.2, 0) is 21.4 Å². The van der Waals surface area contributed by atoms with E-state index in [0.717, 1.165) is 68.6 Å². The van der Waals surface area contributed by atoms with Crippen molar-refractivity contribution in [3.63, 3.8) is 0 Å². The number of carbonyl (C=O) groups excluding carboxylic acids is 1. The average Bonchev–Trinajstić information content (AvgIpc) is 2.76. The van der Waals surface area contributed by atoms with Gasteiger partial charge < -0.3 is 15.0 Å². The number of carbonyl (C=O) groups is 1. The highest BCUT2D eigenvalue weighted by atomic mass is 16.5. The van der Waals surface area contributed by atoms with Crippen molar-refractivity contribution >= 4 is 12.2 Å². The van der Waals surface area contributed by atoms with Crippen molar-refractivity contribution in [3.8, 4) is 0 Å². The van der Waals surface area contributed by atoms with E-state index in [0.29, 0.717) is 18.7 Å². The summed E-state index contributed by atoms with van der Waals surface area (Å²) in [4.78, 5) is 25.5. The molecule has 1 aliphatic carbocycles. The molecule has 1 N–H and O–H groups in total. The zero-order valence-electron chi connectivity index (χ0n) is 20.8.